The highest BCUT2D eigenvalue weighted by molar-refractivity contribution is 7.79. The number of thiol groups is 1. The first-order valence-electron chi connectivity index (χ1n) is 9.13. The summed E-state index contributed by atoms with van der Waals surface area (Å²) in [6.07, 6.45) is 9.22. The average Bonchev–Trinajstić information content (AvgIpc) is 2.63. The molecular formula is C21H30N2S. The van der Waals surface area contributed by atoms with E-state index in [0.717, 1.165) is 23.5 Å². The van der Waals surface area contributed by atoms with Crippen LogP contribution in [-0.4, -0.2) is 0 Å². The van der Waals surface area contributed by atoms with Crippen LogP contribution in [0.4, 0.5) is 11.4 Å². The van der Waals surface area contributed by atoms with Crippen molar-refractivity contribution in [3.63, 3.8) is 0 Å². The third kappa shape index (κ3) is 6.48. The molecule has 0 aliphatic heterocycles. The summed E-state index contributed by atoms with van der Waals surface area (Å²) in [5, 5.41) is 0. The first kappa shape index (κ1) is 18.7. The van der Waals surface area contributed by atoms with Crippen LogP contribution in [0, 0.1) is 0 Å². The van der Waals surface area contributed by atoms with Gasteiger partial charge in [-0.2, -0.15) is 12.6 Å². The average molecular weight is 343 g/mol. The van der Waals surface area contributed by atoms with Gasteiger partial charge in [0.15, 0.2) is 0 Å². The molecule has 0 fully saturated rings. The highest BCUT2D eigenvalue weighted by Crippen LogP contribution is 2.19. The molecule has 0 unspecified atom stereocenters. The fourth-order valence-corrected chi connectivity index (χ4v) is 3.11. The van der Waals surface area contributed by atoms with Gasteiger partial charge in [-0.25, -0.2) is 0 Å². The molecule has 0 saturated heterocycles. The Labute approximate surface area is 152 Å². The summed E-state index contributed by atoms with van der Waals surface area (Å²) in [7, 11) is 0. The number of para-hydroxylation sites is 1. The Morgan fingerprint density at radius 3 is 2.46 bits per heavy atom. The molecule has 2 aromatic carbocycles. The monoisotopic (exact) mass is 342 g/mol. The number of nitrogens with one attached hydrogen (secondary N) is 2. The van der Waals surface area contributed by atoms with Gasteiger partial charge in [0.1, 0.15) is 0 Å². The van der Waals surface area contributed by atoms with E-state index in [0.29, 0.717) is 0 Å². The quantitative estimate of drug-likeness (QED) is 0.248. The third-order valence-corrected chi connectivity index (χ3v) is 4.62. The lowest BCUT2D eigenvalue weighted by Gasteiger charge is -2.13. The molecule has 2 rings (SSSR count). The molecule has 0 atom stereocenters. The first-order valence-corrected chi connectivity index (χ1v) is 9.76. The highest BCUT2D eigenvalue weighted by atomic mass is 32.1. The molecule has 2 nitrogen and oxygen atoms in total. The number of aryl methyl sites for hydroxylation is 1. The summed E-state index contributed by atoms with van der Waals surface area (Å²) in [4.78, 5) is 0. The Morgan fingerprint density at radius 2 is 1.62 bits per heavy atom. The third-order valence-electron chi connectivity index (χ3n) is 4.28. The first-order chi connectivity index (χ1) is 11.8. The van der Waals surface area contributed by atoms with E-state index < -0.39 is 0 Å². The van der Waals surface area contributed by atoms with Gasteiger partial charge in [-0.1, -0.05) is 69.4 Å². The Kier molecular flexibility index (Phi) is 8.61. The number of hydrogen-bond acceptors (Lipinski definition) is 3. The highest BCUT2D eigenvalue weighted by Gasteiger charge is 2.00. The van der Waals surface area contributed by atoms with Gasteiger partial charge in [0.2, 0.25) is 0 Å². The molecule has 0 amide bonds. The van der Waals surface area contributed by atoms with Crippen molar-refractivity contribution in [3.8, 4) is 0 Å². The minimum absolute atomic E-state index is 0.725. The van der Waals surface area contributed by atoms with Crippen molar-refractivity contribution >= 4 is 24.0 Å². The molecule has 130 valence electrons. The van der Waals surface area contributed by atoms with E-state index in [1.807, 2.05) is 12.1 Å². The fraction of sp³-hybridized carbons (Fsp3) is 0.429. The van der Waals surface area contributed by atoms with Crippen LogP contribution < -0.4 is 10.9 Å². The van der Waals surface area contributed by atoms with Gasteiger partial charge in [0, 0.05) is 5.75 Å². The zero-order valence-electron chi connectivity index (χ0n) is 14.7. The van der Waals surface area contributed by atoms with E-state index in [-0.39, 0.29) is 0 Å². The van der Waals surface area contributed by atoms with Gasteiger partial charge >= 0.3 is 0 Å². The van der Waals surface area contributed by atoms with Crippen LogP contribution >= 0.6 is 12.6 Å². The minimum atomic E-state index is 0.725. The van der Waals surface area contributed by atoms with Crippen LogP contribution in [0.2, 0.25) is 0 Å². The predicted molar refractivity (Wildman–Crippen MR) is 110 cm³/mol. The summed E-state index contributed by atoms with van der Waals surface area (Å²) < 4.78 is 0. The molecule has 24 heavy (non-hydrogen) atoms. The Morgan fingerprint density at radius 1 is 0.833 bits per heavy atom. The molecular weight excluding hydrogens is 312 g/mol. The number of anilines is 2. The maximum atomic E-state index is 4.38. The van der Waals surface area contributed by atoms with Crippen LogP contribution in [0.3, 0.4) is 0 Å². The molecule has 0 radical (unpaired) electrons. The molecule has 3 heteroatoms. The van der Waals surface area contributed by atoms with Gasteiger partial charge in [-0.3, -0.25) is 0 Å². The van der Waals surface area contributed by atoms with Crippen molar-refractivity contribution in [1.82, 2.24) is 0 Å². The molecule has 0 heterocycles. The minimum Gasteiger partial charge on any atom is -0.301 e. The lowest BCUT2D eigenvalue weighted by Crippen LogP contribution is -2.10. The summed E-state index contributed by atoms with van der Waals surface area (Å²) >= 11 is 4.38. The van der Waals surface area contributed by atoms with Crippen molar-refractivity contribution in [2.75, 3.05) is 10.9 Å². The number of rotatable bonds is 11. The summed E-state index contributed by atoms with van der Waals surface area (Å²) in [6.45, 7) is 2.27. The largest absolute Gasteiger partial charge is 0.301 e. The normalized spacial score (nSPS) is 10.6. The summed E-state index contributed by atoms with van der Waals surface area (Å²) in [5.41, 5.74) is 11.4. The van der Waals surface area contributed by atoms with Crippen molar-refractivity contribution < 1.29 is 0 Å². The van der Waals surface area contributed by atoms with Gasteiger partial charge < -0.3 is 10.9 Å². The second-order valence-electron chi connectivity index (χ2n) is 6.28. The van der Waals surface area contributed by atoms with Gasteiger partial charge in [0.25, 0.3) is 0 Å². The van der Waals surface area contributed by atoms with E-state index in [1.54, 1.807) is 0 Å². The maximum Gasteiger partial charge on any atom is 0.0580 e. The lowest BCUT2D eigenvalue weighted by molar-refractivity contribution is 0.607. The van der Waals surface area contributed by atoms with Crippen molar-refractivity contribution in [1.29, 1.82) is 0 Å². The SMILES string of the molecule is CCCCCCCCc1cccc(NNc2ccccc2CS)c1. The molecule has 0 aliphatic carbocycles. The maximum absolute atomic E-state index is 4.38. The molecule has 0 aliphatic rings. The number of hydrazine groups is 1. The standard InChI is InChI=1S/C21H30N2S/c1-2-3-4-5-6-7-11-18-12-10-14-20(16-18)22-23-21-15-9-8-13-19(21)17-24/h8-10,12-16,22-24H,2-7,11,17H2,1H3. The molecule has 2 N–H and O–H groups in total. The summed E-state index contributed by atoms with van der Waals surface area (Å²) in [5.74, 6) is 0.725. The topological polar surface area (TPSA) is 24.1 Å². The Bertz CT molecular complexity index is 598. The molecule has 0 aromatic heterocycles. The summed E-state index contributed by atoms with van der Waals surface area (Å²) in [6, 6.07) is 16.9. The smallest absolute Gasteiger partial charge is 0.0580 e. The molecule has 0 bridgehead atoms. The fourth-order valence-electron chi connectivity index (χ4n) is 2.83. The molecule has 2 aromatic rings. The van der Waals surface area contributed by atoms with E-state index in [1.165, 1.54) is 49.7 Å². The zero-order chi connectivity index (χ0) is 17.0. The van der Waals surface area contributed by atoms with E-state index in [4.69, 9.17) is 0 Å². The second-order valence-corrected chi connectivity index (χ2v) is 6.60. The Balaban J connectivity index is 1.80. The van der Waals surface area contributed by atoms with Crippen LogP contribution in [-0.2, 0) is 12.2 Å². The van der Waals surface area contributed by atoms with Crippen LogP contribution in [0.25, 0.3) is 0 Å². The van der Waals surface area contributed by atoms with Crippen molar-refractivity contribution in [2.45, 2.75) is 57.6 Å². The zero-order valence-corrected chi connectivity index (χ0v) is 15.6. The number of hydrogen-bond donors (Lipinski definition) is 3. The van der Waals surface area contributed by atoms with E-state index >= 15 is 0 Å². The number of unbranched alkanes of at least 4 members (excludes halogenated alkanes) is 5. The van der Waals surface area contributed by atoms with Crippen LogP contribution in [0.15, 0.2) is 48.5 Å². The van der Waals surface area contributed by atoms with Gasteiger partial charge in [0.05, 0.1) is 11.4 Å². The molecule has 0 saturated carbocycles. The predicted octanol–water partition coefficient (Wildman–Crippen LogP) is 6.46. The van der Waals surface area contributed by atoms with Crippen LogP contribution in [0.1, 0.15) is 56.6 Å². The van der Waals surface area contributed by atoms with E-state index in [2.05, 4.69) is 66.8 Å². The van der Waals surface area contributed by atoms with Gasteiger partial charge in [-0.15, -0.1) is 0 Å². The Hall–Kier alpha value is -1.61. The van der Waals surface area contributed by atoms with Crippen molar-refractivity contribution in [2.24, 2.45) is 0 Å². The van der Waals surface area contributed by atoms with Crippen LogP contribution in [0.5, 0.6) is 0 Å². The van der Waals surface area contributed by atoms with E-state index in [9.17, 15) is 0 Å². The second kappa shape index (κ2) is 11.0. The van der Waals surface area contributed by atoms with Gasteiger partial charge in [-0.05, 0) is 42.2 Å². The number of benzene rings is 2. The molecule has 0 spiro atoms. The van der Waals surface area contributed by atoms with Crippen molar-refractivity contribution in [3.05, 3.63) is 59.7 Å². The lowest BCUT2D eigenvalue weighted by atomic mass is 10.0.